The van der Waals surface area contributed by atoms with Crippen LogP contribution in [-0.4, -0.2) is 58.7 Å². The summed E-state index contributed by atoms with van der Waals surface area (Å²) in [5.74, 6) is 0.970. The minimum absolute atomic E-state index is 0.0508. The maximum absolute atomic E-state index is 13.4. The smallest absolute Gasteiger partial charge is 0.400 e. The second-order valence-corrected chi connectivity index (χ2v) is 13.3. The van der Waals surface area contributed by atoms with Crippen LogP contribution >= 0.6 is 15.9 Å². The Labute approximate surface area is 256 Å². The fourth-order valence-electron chi connectivity index (χ4n) is 6.39. The quantitative estimate of drug-likeness (QED) is 0.327. The van der Waals surface area contributed by atoms with E-state index in [2.05, 4.69) is 85.2 Å². The van der Waals surface area contributed by atoms with Gasteiger partial charge < -0.3 is 23.3 Å². The zero-order chi connectivity index (χ0) is 29.6. The van der Waals surface area contributed by atoms with Crippen molar-refractivity contribution in [3.05, 3.63) is 85.7 Å². The maximum atomic E-state index is 13.4. The molecule has 0 saturated carbocycles. The van der Waals surface area contributed by atoms with Gasteiger partial charge in [0.2, 0.25) is 0 Å². The second kappa shape index (κ2) is 11.5. The summed E-state index contributed by atoms with van der Waals surface area (Å²) in [6, 6.07) is 6.43. The van der Waals surface area contributed by atoms with E-state index in [0.717, 1.165) is 40.8 Å². The molecule has 1 aromatic carbocycles. The number of hydrogen-bond acceptors (Lipinski definition) is 6. The van der Waals surface area contributed by atoms with Crippen molar-refractivity contribution in [3.8, 4) is 0 Å². The first-order valence-corrected chi connectivity index (χ1v) is 15.6. The molecule has 1 saturated heterocycles. The Hall–Kier alpha value is -2.50. The number of aromatic nitrogens is 3. The molecule has 42 heavy (non-hydrogen) atoms. The van der Waals surface area contributed by atoms with Gasteiger partial charge in [-0.25, -0.2) is 4.98 Å². The summed E-state index contributed by atoms with van der Waals surface area (Å²) in [5.41, 5.74) is 5.14. The Morgan fingerprint density at radius 2 is 1.83 bits per heavy atom. The van der Waals surface area contributed by atoms with Crippen molar-refractivity contribution in [2.24, 2.45) is 13.0 Å². The first-order valence-electron chi connectivity index (χ1n) is 14.8. The third-order valence-electron chi connectivity index (χ3n) is 9.54. The van der Waals surface area contributed by atoms with Crippen LogP contribution in [0.2, 0.25) is 0 Å². The summed E-state index contributed by atoms with van der Waals surface area (Å²) >= 11 is 3.70. The summed E-state index contributed by atoms with van der Waals surface area (Å²) in [4.78, 5) is 18.0. The molecule has 3 aliphatic rings. The molecule has 0 amide bonds. The Kier molecular flexibility index (Phi) is 8.13. The van der Waals surface area contributed by atoms with Gasteiger partial charge in [-0.15, -0.1) is 0 Å². The largest absolute Gasteiger partial charge is 0.490 e. The molecule has 6 rings (SSSR count). The van der Waals surface area contributed by atoms with Crippen LogP contribution < -0.4 is 5.56 Å². The lowest BCUT2D eigenvalue weighted by Gasteiger charge is -2.41. The Morgan fingerprint density at radius 3 is 2.55 bits per heavy atom. The summed E-state index contributed by atoms with van der Waals surface area (Å²) in [6.07, 6.45) is 10.9. The molecular formula is C32H39BBrN3O5. The maximum Gasteiger partial charge on any atom is 0.490 e. The number of rotatable bonds is 7. The molecule has 8 nitrogen and oxygen atoms in total. The van der Waals surface area contributed by atoms with Crippen LogP contribution in [0, 0.1) is 5.92 Å². The molecule has 1 fully saturated rings. The van der Waals surface area contributed by atoms with Gasteiger partial charge in [0, 0.05) is 29.8 Å². The average molecular weight is 636 g/mol. The van der Waals surface area contributed by atoms with Crippen molar-refractivity contribution in [1.82, 2.24) is 14.0 Å². The van der Waals surface area contributed by atoms with E-state index in [4.69, 9.17) is 18.8 Å². The van der Waals surface area contributed by atoms with Crippen LogP contribution in [0.15, 0.2) is 57.5 Å². The monoisotopic (exact) mass is 635 g/mol. The van der Waals surface area contributed by atoms with Crippen LogP contribution in [-0.2, 0) is 38.7 Å². The molecule has 0 aliphatic carbocycles. The third kappa shape index (κ3) is 5.37. The molecule has 0 spiro atoms. The van der Waals surface area contributed by atoms with Crippen LogP contribution in [0.3, 0.4) is 0 Å². The summed E-state index contributed by atoms with van der Waals surface area (Å²) < 4.78 is 29.0. The summed E-state index contributed by atoms with van der Waals surface area (Å²) in [5, 5.41) is 0. The van der Waals surface area contributed by atoms with Gasteiger partial charge in [0.15, 0.2) is 0 Å². The predicted molar refractivity (Wildman–Crippen MR) is 168 cm³/mol. The van der Waals surface area contributed by atoms with Gasteiger partial charge in [0.1, 0.15) is 11.3 Å². The summed E-state index contributed by atoms with van der Waals surface area (Å²) in [6.45, 7) is 11.2. The lowest BCUT2D eigenvalue weighted by atomic mass is 9.74. The minimum atomic E-state index is -0.509. The predicted octanol–water partition coefficient (Wildman–Crippen LogP) is 5.33. The molecule has 0 bridgehead atoms. The summed E-state index contributed by atoms with van der Waals surface area (Å²) in [7, 11) is 1.49. The Bertz CT molecular complexity index is 1630. The van der Waals surface area contributed by atoms with Gasteiger partial charge in [-0.1, -0.05) is 41.1 Å². The van der Waals surface area contributed by atoms with E-state index in [-0.39, 0.29) is 18.6 Å². The number of benzene rings is 1. The minimum Gasteiger partial charge on any atom is -0.400 e. The van der Waals surface area contributed by atoms with Crippen molar-refractivity contribution in [3.63, 3.8) is 0 Å². The highest BCUT2D eigenvalue weighted by Gasteiger charge is 2.57. The number of ether oxygens (including phenoxy) is 2. The number of fused-ring (bicyclic) bond motifs is 1. The fourth-order valence-corrected chi connectivity index (χ4v) is 6.79. The first-order chi connectivity index (χ1) is 20.1. The lowest BCUT2D eigenvalue weighted by Crippen LogP contribution is -2.50. The van der Waals surface area contributed by atoms with E-state index >= 15 is 0 Å². The van der Waals surface area contributed by atoms with E-state index in [1.54, 1.807) is 10.8 Å². The van der Waals surface area contributed by atoms with Gasteiger partial charge in [-0.2, -0.15) is 0 Å². The number of halogens is 1. The molecule has 2 atom stereocenters. The standard InChI is InChI=1S/C32H39BBrN3O5/c1-21(32(4)31(2,3)41-33(42-32)25-10-14-40-15-11-25)16-24-17-26(34)7-6-23(24)18-27-20-37-28(30(38)36(27)5)19-35-29(37)22-8-12-39-13-9-22/h6-8,10,17,19-21H,9,11-16,18H2,1-5H3. The SMILES string of the molecule is CC(Cc1cc(Br)ccc1Cc1cn2c(C3=CCOCC3)ncc2c(=O)n1C)C1(C)OB(C2=CCOCC2)OC1(C)C. The van der Waals surface area contributed by atoms with Crippen molar-refractivity contribution in [1.29, 1.82) is 0 Å². The molecule has 5 heterocycles. The molecule has 0 N–H and O–H groups in total. The normalized spacial score (nSPS) is 23.2. The van der Waals surface area contributed by atoms with E-state index in [9.17, 15) is 4.79 Å². The van der Waals surface area contributed by atoms with Gasteiger partial charge in [-0.05, 0) is 80.3 Å². The highest BCUT2D eigenvalue weighted by Crippen LogP contribution is 2.45. The topological polar surface area (TPSA) is 76.2 Å². The van der Waals surface area contributed by atoms with Gasteiger partial charge in [0.25, 0.3) is 5.56 Å². The molecule has 2 aromatic heterocycles. The van der Waals surface area contributed by atoms with E-state index in [0.29, 0.717) is 38.4 Å². The van der Waals surface area contributed by atoms with Crippen molar-refractivity contribution in [2.45, 2.75) is 64.6 Å². The van der Waals surface area contributed by atoms with Gasteiger partial charge in [0.05, 0.1) is 43.8 Å². The molecule has 3 aromatic rings. The van der Waals surface area contributed by atoms with Crippen LogP contribution in [0.4, 0.5) is 0 Å². The van der Waals surface area contributed by atoms with Crippen LogP contribution in [0.25, 0.3) is 11.1 Å². The van der Waals surface area contributed by atoms with E-state index in [1.165, 1.54) is 16.6 Å². The van der Waals surface area contributed by atoms with Gasteiger partial charge >= 0.3 is 7.12 Å². The van der Waals surface area contributed by atoms with Gasteiger partial charge in [-0.3, -0.25) is 9.20 Å². The van der Waals surface area contributed by atoms with Crippen molar-refractivity contribution in [2.75, 3.05) is 26.4 Å². The first kappa shape index (κ1) is 29.6. The zero-order valence-corrected chi connectivity index (χ0v) is 26.7. The molecule has 2 unspecified atom stereocenters. The molecule has 3 aliphatic heterocycles. The Balaban J connectivity index is 1.30. The number of nitrogens with zero attached hydrogens (tertiary/aromatic N) is 3. The molecule has 222 valence electrons. The van der Waals surface area contributed by atoms with Crippen LogP contribution in [0.1, 0.15) is 63.2 Å². The lowest BCUT2D eigenvalue weighted by molar-refractivity contribution is -0.0488. The van der Waals surface area contributed by atoms with Crippen LogP contribution in [0.5, 0.6) is 0 Å². The average Bonchev–Trinajstić information content (AvgIpc) is 3.52. The highest BCUT2D eigenvalue weighted by molar-refractivity contribution is 9.10. The molecule has 10 heteroatoms. The van der Waals surface area contributed by atoms with E-state index in [1.807, 2.05) is 11.4 Å². The highest BCUT2D eigenvalue weighted by atomic mass is 79.9. The number of imidazole rings is 1. The van der Waals surface area contributed by atoms with Crippen molar-refractivity contribution < 1.29 is 18.8 Å². The van der Waals surface area contributed by atoms with E-state index < -0.39 is 11.2 Å². The van der Waals surface area contributed by atoms with Crippen molar-refractivity contribution >= 4 is 34.1 Å². The molecule has 0 radical (unpaired) electrons. The number of hydrogen-bond donors (Lipinski definition) is 0. The zero-order valence-electron chi connectivity index (χ0n) is 25.1. The molecular weight excluding hydrogens is 597 g/mol. The Morgan fingerprint density at radius 1 is 1.07 bits per heavy atom. The second-order valence-electron chi connectivity index (χ2n) is 12.4. The fraction of sp³-hybridized carbons (Fsp3) is 0.500. The third-order valence-corrected chi connectivity index (χ3v) is 10.0.